The second-order valence-corrected chi connectivity index (χ2v) is 6.61. The lowest BCUT2D eigenvalue weighted by molar-refractivity contribution is 0.100. The number of fused-ring (bicyclic) bond motifs is 1. The van der Waals surface area contributed by atoms with Crippen molar-refractivity contribution in [2.75, 3.05) is 5.73 Å². The van der Waals surface area contributed by atoms with E-state index in [2.05, 4.69) is 4.98 Å². The van der Waals surface area contributed by atoms with E-state index in [-0.39, 0.29) is 0 Å². The van der Waals surface area contributed by atoms with Crippen LogP contribution in [0.3, 0.4) is 0 Å². The standard InChI is InChI=1S/C15H10N4OS2/c16-5-1-2-8-3-4-11(21-8)12-6-9-13(22-12)10(15(18)20)7-19-14(9)17/h1-4,6-7H,(H2,17,19)(H2,18,20)/b2-1+. The summed E-state index contributed by atoms with van der Waals surface area (Å²) in [5.74, 6) is -0.140. The van der Waals surface area contributed by atoms with Crippen molar-refractivity contribution >= 4 is 50.6 Å². The highest BCUT2D eigenvalue weighted by Crippen LogP contribution is 2.40. The van der Waals surface area contributed by atoms with Gasteiger partial charge in [-0.25, -0.2) is 4.98 Å². The summed E-state index contributed by atoms with van der Waals surface area (Å²) in [6.07, 6.45) is 4.61. The number of amides is 1. The number of nitrogens with two attached hydrogens (primary N) is 2. The topological polar surface area (TPSA) is 106 Å². The molecule has 0 saturated carbocycles. The number of nitrogens with zero attached hydrogens (tertiary/aromatic N) is 2. The molecule has 0 aliphatic heterocycles. The van der Waals surface area contributed by atoms with Crippen LogP contribution in [0.2, 0.25) is 0 Å². The SMILES string of the molecule is N#C/C=C/c1ccc(-c2cc3c(N)ncc(C(N)=O)c3s2)s1. The number of nitriles is 1. The van der Waals surface area contributed by atoms with Crippen LogP contribution in [-0.4, -0.2) is 10.9 Å². The fourth-order valence-corrected chi connectivity index (χ4v) is 4.21. The molecule has 0 aliphatic carbocycles. The number of rotatable bonds is 3. The van der Waals surface area contributed by atoms with E-state index in [1.54, 1.807) is 17.4 Å². The molecule has 3 heterocycles. The maximum Gasteiger partial charge on any atom is 0.251 e. The van der Waals surface area contributed by atoms with E-state index >= 15 is 0 Å². The Hall–Kier alpha value is -2.69. The van der Waals surface area contributed by atoms with Gasteiger partial charge in [-0.2, -0.15) is 5.26 Å². The van der Waals surface area contributed by atoms with E-state index in [0.717, 1.165) is 24.7 Å². The molecule has 5 nitrogen and oxygen atoms in total. The van der Waals surface area contributed by atoms with Crippen LogP contribution in [-0.2, 0) is 0 Å². The Morgan fingerprint density at radius 3 is 2.86 bits per heavy atom. The Morgan fingerprint density at radius 1 is 1.32 bits per heavy atom. The summed E-state index contributed by atoms with van der Waals surface area (Å²) < 4.78 is 0.748. The minimum absolute atomic E-state index is 0.376. The van der Waals surface area contributed by atoms with E-state index < -0.39 is 5.91 Å². The van der Waals surface area contributed by atoms with Gasteiger partial charge in [0.15, 0.2) is 0 Å². The van der Waals surface area contributed by atoms with E-state index in [9.17, 15) is 4.79 Å². The van der Waals surface area contributed by atoms with E-state index in [4.69, 9.17) is 16.7 Å². The fraction of sp³-hybridized carbons (Fsp3) is 0. The van der Waals surface area contributed by atoms with Crippen molar-refractivity contribution in [1.29, 1.82) is 5.26 Å². The van der Waals surface area contributed by atoms with Gasteiger partial charge in [0.05, 0.1) is 16.3 Å². The largest absolute Gasteiger partial charge is 0.383 e. The minimum Gasteiger partial charge on any atom is -0.383 e. The number of thiophene rings is 2. The van der Waals surface area contributed by atoms with Gasteiger partial charge in [-0.3, -0.25) is 4.79 Å². The van der Waals surface area contributed by atoms with E-state index in [1.807, 2.05) is 24.3 Å². The predicted molar refractivity (Wildman–Crippen MR) is 90.5 cm³/mol. The molecule has 0 fully saturated rings. The second kappa shape index (κ2) is 5.60. The molecule has 0 unspecified atom stereocenters. The summed E-state index contributed by atoms with van der Waals surface area (Å²) in [5.41, 5.74) is 11.7. The Labute approximate surface area is 134 Å². The normalized spacial score (nSPS) is 11.0. The van der Waals surface area contributed by atoms with Crippen LogP contribution < -0.4 is 11.5 Å². The quantitative estimate of drug-likeness (QED) is 0.720. The molecule has 0 radical (unpaired) electrons. The van der Waals surface area contributed by atoms with Gasteiger partial charge >= 0.3 is 0 Å². The van der Waals surface area contributed by atoms with Crippen molar-refractivity contribution in [3.8, 4) is 15.8 Å². The van der Waals surface area contributed by atoms with Gasteiger partial charge in [-0.1, -0.05) is 0 Å². The fourth-order valence-electron chi connectivity index (χ4n) is 2.03. The number of hydrogen-bond acceptors (Lipinski definition) is 6. The van der Waals surface area contributed by atoms with Gasteiger partial charge < -0.3 is 11.5 Å². The van der Waals surface area contributed by atoms with Gasteiger partial charge in [0.2, 0.25) is 0 Å². The van der Waals surface area contributed by atoms with Crippen LogP contribution in [0.15, 0.2) is 30.5 Å². The Balaban J connectivity index is 2.13. The zero-order chi connectivity index (χ0) is 15.7. The van der Waals surface area contributed by atoms with Crippen molar-refractivity contribution in [2.24, 2.45) is 5.73 Å². The molecule has 108 valence electrons. The number of allylic oxidation sites excluding steroid dienone is 1. The molecular formula is C15H10N4OS2. The molecule has 3 aromatic heterocycles. The third-order valence-corrected chi connectivity index (χ3v) is 5.46. The maximum absolute atomic E-state index is 11.5. The number of pyridine rings is 1. The monoisotopic (exact) mass is 326 g/mol. The van der Waals surface area contributed by atoms with Crippen LogP contribution >= 0.6 is 22.7 Å². The molecular weight excluding hydrogens is 316 g/mol. The Bertz CT molecular complexity index is 946. The first-order valence-corrected chi connectivity index (χ1v) is 7.87. The van der Waals surface area contributed by atoms with Gasteiger partial charge in [0, 0.05) is 32.3 Å². The zero-order valence-electron chi connectivity index (χ0n) is 11.2. The van der Waals surface area contributed by atoms with Crippen molar-refractivity contribution < 1.29 is 4.79 Å². The number of nitrogen functional groups attached to an aromatic ring is 1. The number of hydrogen-bond donors (Lipinski definition) is 2. The lowest BCUT2D eigenvalue weighted by Crippen LogP contribution is -2.11. The average molecular weight is 326 g/mol. The number of aromatic nitrogens is 1. The molecule has 7 heteroatoms. The number of carbonyl (C=O) groups excluding carboxylic acids is 1. The van der Waals surface area contributed by atoms with Crippen molar-refractivity contribution in [3.63, 3.8) is 0 Å². The molecule has 0 spiro atoms. The van der Waals surface area contributed by atoms with Crippen LogP contribution in [0.1, 0.15) is 15.2 Å². The third-order valence-electron chi connectivity index (χ3n) is 3.04. The molecule has 1 amide bonds. The summed E-state index contributed by atoms with van der Waals surface area (Å²) in [4.78, 5) is 18.5. The molecule has 4 N–H and O–H groups in total. The first kappa shape index (κ1) is 14.3. The summed E-state index contributed by atoms with van der Waals surface area (Å²) in [6, 6.07) is 7.79. The van der Waals surface area contributed by atoms with Crippen LogP contribution in [0, 0.1) is 11.3 Å². The maximum atomic E-state index is 11.5. The molecule has 3 aromatic rings. The van der Waals surface area contributed by atoms with Crippen molar-refractivity contribution in [2.45, 2.75) is 0 Å². The zero-order valence-corrected chi connectivity index (χ0v) is 12.9. The molecule has 0 bridgehead atoms. The number of anilines is 1. The number of primary amides is 1. The predicted octanol–water partition coefficient (Wildman–Crippen LogP) is 3.24. The lowest BCUT2D eigenvalue weighted by Gasteiger charge is -1.99. The smallest absolute Gasteiger partial charge is 0.251 e. The lowest BCUT2D eigenvalue weighted by atomic mass is 10.2. The summed E-state index contributed by atoms with van der Waals surface area (Å²) >= 11 is 3.01. The van der Waals surface area contributed by atoms with E-state index in [0.29, 0.717) is 11.4 Å². The first-order chi connectivity index (χ1) is 10.6. The van der Waals surface area contributed by atoms with Crippen LogP contribution in [0.4, 0.5) is 5.82 Å². The molecule has 3 rings (SSSR count). The molecule has 22 heavy (non-hydrogen) atoms. The summed E-state index contributed by atoms with van der Waals surface area (Å²) in [6.45, 7) is 0. The van der Waals surface area contributed by atoms with Gasteiger partial charge in [-0.15, -0.1) is 22.7 Å². The van der Waals surface area contributed by atoms with Crippen molar-refractivity contribution in [1.82, 2.24) is 4.98 Å². The summed E-state index contributed by atoms with van der Waals surface area (Å²) in [7, 11) is 0. The molecule has 0 saturated heterocycles. The highest BCUT2D eigenvalue weighted by Gasteiger charge is 2.15. The van der Waals surface area contributed by atoms with E-state index in [1.165, 1.54) is 23.6 Å². The minimum atomic E-state index is -0.519. The van der Waals surface area contributed by atoms with Crippen LogP contribution in [0.5, 0.6) is 0 Å². The average Bonchev–Trinajstić information content (AvgIpc) is 3.12. The molecule has 0 atom stereocenters. The van der Waals surface area contributed by atoms with Crippen LogP contribution in [0.25, 0.3) is 25.9 Å². The number of carbonyl (C=O) groups is 1. The third kappa shape index (κ3) is 2.45. The van der Waals surface area contributed by atoms with Gasteiger partial charge in [0.25, 0.3) is 5.91 Å². The van der Waals surface area contributed by atoms with Gasteiger partial charge in [0.1, 0.15) is 5.82 Å². The van der Waals surface area contributed by atoms with Gasteiger partial charge in [-0.05, 0) is 24.3 Å². The highest BCUT2D eigenvalue weighted by atomic mass is 32.1. The Morgan fingerprint density at radius 2 is 2.14 bits per heavy atom. The van der Waals surface area contributed by atoms with Crippen molar-refractivity contribution in [3.05, 3.63) is 40.9 Å². The Kier molecular flexibility index (Phi) is 3.63. The highest BCUT2D eigenvalue weighted by molar-refractivity contribution is 7.26. The summed E-state index contributed by atoms with van der Waals surface area (Å²) in [5, 5.41) is 9.30. The molecule has 0 aromatic carbocycles. The molecule has 0 aliphatic rings. The second-order valence-electron chi connectivity index (χ2n) is 4.44. The first-order valence-electron chi connectivity index (χ1n) is 6.24.